The van der Waals surface area contributed by atoms with Gasteiger partial charge in [0.25, 0.3) is 0 Å². The maximum Gasteiger partial charge on any atom is 0.186 e. The highest BCUT2D eigenvalue weighted by atomic mass is 32.2. The molecule has 14 heavy (non-hydrogen) atoms. The zero-order valence-corrected chi connectivity index (χ0v) is 9.30. The number of ether oxygens (including phenoxy) is 1. The molecule has 0 radical (unpaired) electrons. The van der Waals surface area contributed by atoms with Gasteiger partial charge in [-0.1, -0.05) is 0 Å². The van der Waals surface area contributed by atoms with E-state index in [4.69, 9.17) is 9.29 Å². The highest BCUT2D eigenvalue weighted by molar-refractivity contribution is 7.79. The number of hydrogen-bond donors (Lipinski definition) is 1. The normalized spacial score (nSPS) is 13.7. The van der Waals surface area contributed by atoms with Crippen LogP contribution in [-0.4, -0.2) is 14.4 Å². The van der Waals surface area contributed by atoms with E-state index in [1.807, 2.05) is 20.8 Å². The van der Waals surface area contributed by atoms with Crippen molar-refractivity contribution in [2.75, 3.05) is 0 Å². The van der Waals surface area contributed by atoms with Crippen LogP contribution in [0.5, 0.6) is 5.75 Å². The van der Waals surface area contributed by atoms with Gasteiger partial charge in [0.1, 0.15) is 11.4 Å². The van der Waals surface area contributed by atoms with Gasteiger partial charge in [0.05, 0.1) is 4.90 Å². The Hall–Kier alpha value is -0.870. The molecule has 78 valence electrons. The van der Waals surface area contributed by atoms with Crippen molar-refractivity contribution < 1.29 is 13.5 Å². The molecular weight excluding hydrogens is 200 g/mol. The van der Waals surface area contributed by atoms with Crippen LogP contribution in [0.25, 0.3) is 0 Å². The Morgan fingerprint density at radius 3 is 2.07 bits per heavy atom. The van der Waals surface area contributed by atoms with E-state index in [2.05, 4.69) is 0 Å². The lowest BCUT2D eigenvalue weighted by atomic mass is 10.2. The van der Waals surface area contributed by atoms with Crippen molar-refractivity contribution in [2.24, 2.45) is 0 Å². The molecule has 1 aromatic rings. The fourth-order valence-corrected chi connectivity index (χ4v) is 1.35. The molecule has 1 aromatic carbocycles. The Morgan fingerprint density at radius 1 is 1.21 bits per heavy atom. The fourth-order valence-electron chi connectivity index (χ4n) is 0.978. The SMILES string of the molecule is CC(C)(C)Oc1ccc(S(=O)O)cc1. The predicted molar refractivity (Wildman–Crippen MR) is 55.9 cm³/mol. The maximum atomic E-state index is 10.7. The summed E-state index contributed by atoms with van der Waals surface area (Å²) < 4.78 is 25.0. The van der Waals surface area contributed by atoms with E-state index >= 15 is 0 Å². The third-order valence-corrected chi connectivity index (χ3v) is 2.12. The topological polar surface area (TPSA) is 46.5 Å². The Balaban J connectivity index is 2.79. The van der Waals surface area contributed by atoms with Gasteiger partial charge in [0, 0.05) is 0 Å². The van der Waals surface area contributed by atoms with Crippen LogP contribution in [0.15, 0.2) is 29.2 Å². The lowest BCUT2D eigenvalue weighted by Gasteiger charge is -2.21. The molecule has 0 aliphatic heterocycles. The van der Waals surface area contributed by atoms with Crippen molar-refractivity contribution in [3.63, 3.8) is 0 Å². The summed E-state index contributed by atoms with van der Waals surface area (Å²) in [6, 6.07) is 6.54. The standard InChI is InChI=1S/C10H14O3S/c1-10(2,3)13-8-4-6-9(7-5-8)14(11)12/h4-7H,1-3H3,(H,11,12). The molecule has 0 bridgehead atoms. The summed E-state index contributed by atoms with van der Waals surface area (Å²) in [4.78, 5) is 0.381. The van der Waals surface area contributed by atoms with Gasteiger partial charge in [-0.25, -0.2) is 4.21 Å². The van der Waals surface area contributed by atoms with E-state index in [9.17, 15) is 4.21 Å². The fraction of sp³-hybridized carbons (Fsp3) is 0.400. The predicted octanol–water partition coefficient (Wildman–Crippen LogP) is 2.44. The Labute approximate surface area is 86.4 Å². The van der Waals surface area contributed by atoms with Crippen molar-refractivity contribution in [1.82, 2.24) is 0 Å². The second-order valence-electron chi connectivity index (χ2n) is 3.93. The first-order chi connectivity index (χ1) is 6.38. The minimum Gasteiger partial charge on any atom is -0.488 e. The summed E-state index contributed by atoms with van der Waals surface area (Å²) in [5.74, 6) is 0.701. The van der Waals surface area contributed by atoms with Gasteiger partial charge in [-0.3, -0.25) is 0 Å². The minimum absolute atomic E-state index is 0.250. The molecule has 1 rings (SSSR count). The summed E-state index contributed by atoms with van der Waals surface area (Å²) >= 11 is -1.92. The Morgan fingerprint density at radius 2 is 1.71 bits per heavy atom. The third kappa shape index (κ3) is 3.47. The molecule has 0 fully saturated rings. The van der Waals surface area contributed by atoms with Gasteiger partial charge in [0.15, 0.2) is 11.1 Å². The van der Waals surface area contributed by atoms with E-state index in [0.29, 0.717) is 10.6 Å². The molecule has 0 saturated heterocycles. The van der Waals surface area contributed by atoms with Crippen LogP contribution in [0.1, 0.15) is 20.8 Å². The second kappa shape index (κ2) is 4.11. The van der Waals surface area contributed by atoms with E-state index in [0.717, 1.165) is 0 Å². The van der Waals surface area contributed by atoms with Crippen LogP contribution in [-0.2, 0) is 11.1 Å². The van der Waals surface area contributed by atoms with Gasteiger partial charge in [-0.15, -0.1) is 0 Å². The minimum atomic E-state index is -1.92. The number of rotatable bonds is 2. The first-order valence-corrected chi connectivity index (χ1v) is 5.39. The molecule has 0 saturated carbocycles. The Kier molecular flexibility index (Phi) is 3.29. The lowest BCUT2D eigenvalue weighted by molar-refractivity contribution is 0.131. The molecule has 1 N–H and O–H groups in total. The number of hydrogen-bond acceptors (Lipinski definition) is 2. The molecule has 0 aliphatic carbocycles. The molecule has 0 aromatic heterocycles. The summed E-state index contributed by atoms with van der Waals surface area (Å²) in [7, 11) is 0. The van der Waals surface area contributed by atoms with Gasteiger partial charge in [-0.05, 0) is 45.0 Å². The van der Waals surface area contributed by atoms with Gasteiger partial charge in [-0.2, -0.15) is 0 Å². The van der Waals surface area contributed by atoms with E-state index < -0.39 is 11.1 Å². The van der Waals surface area contributed by atoms with Crippen molar-refractivity contribution in [2.45, 2.75) is 31.3 Å². The average molecular weight is 214 g/mol. The van der Waals surface area contributed by atoms with E-state index in [1.165, 1.54) is 0 Å². The van der Waals surface area contributed by atoms with Crippen LogP contribution >= 0.6 is 0 Å². The van der Waals surface area contributed by atoms with Crippen molar-refractivity contribution in [3.8, 4) is 5.75 Å². The number of benzene rings is 1. The van der Waals surface area contributed by atoms with Crippen molar-refractivity contribution in [1.29, 1.82) is 0 Å². The molecule has 0 amide bonds. The smallest absolute Gasteiger partial charge is 0.186 e. The summed E-state index contributed by atoms with van der Waals surface area (Å²) in [5, 5.41) is 0. The van der Waals surface area contributed by atoms with Crippen LogP contribution in [0, 0.1) is 0 Å². The first kappa shape index (κ1) is 11.2. The summed E-state index contributed by atoms with van der Waals surface area (Å²) in [6.07, 6.45) is 0. The molecular formula is C10H14O3S. The van der Waals surface area contributed by atoms with Crippen molar-refractivity contribution in [3.05, 3.63) is 24.3 Å². The molecule has 0 aliphatic rings. The van der Waals surface area contributed by atoms with Gasteiger partial charge >= 0.3 is 0 Å². The zero-order valence-electron chi connectivity index (χ0n) is 8.48. The first-order valence-electron chi connectivity index (χ1n) is 4.28. The maximum absolute atomic E-state index is 10.7. The quantitative estimate of drug-likeness (QED) is 0.769. The van der Waals surface area contributed by atoms with E-state index in [1.54, 1.807) is 24.3 Å². The van der Waals surface area contributed by atoms with E-state index in [-0.39, 0.29) is 5.60 Å². The monoisotopic (exact) mass is 214 g/mol. The van der Waals surface area contributed by atoms with Gasteiger partial charge in [0.2, 0.25) is 0 Å². The lowest BCUT2D eigenvalue weighted by Crippen LogP contribution is -2.22. The summed E-state index contributed by atoms with van der Waals surface area (Å²) in [6.45, 7) is 5.85. The summed E-state index contributed by atoms with van der Waals surface area (Å²) in [5.41, 5.74) is -0.250. The van der Waals surface area contributed by atoms with Crippen molar-refractivity contribution >= 4 is 11.1 Å². The Bertz CT molecular complexity index is 324. The highest BCUT2D eigenvalue weighted by Crippen LogP contribution is 2.19. The zero-order chi connectivity index (χ0) is 10.8. The highest BCUT2D eigenvalue weighted by Gasteiger charge is 2.11. The van der Waals surface area contributed by atoms with Gasteiger partial charge < -0.3 is 9.29 Å². The van der Waals surface area contributed by atoms with Crippen LogP contribution in [0.3, 0.4) is 0 Å². The molecule has 1 unspecified atom stereocenters. The molecule has 0 spiro atoms. The largest absolute Gasteiger partial charge is 0.488 e. The van der Waals surface area contributed by atoms with Crippen LogP contribution in [0.2, 0.25) is 0 Å². The third-order valence-electron chi connectivity index (χ3n) is 1.45. The molecule has 0 heterocycles. The molecule has 3 nitrogen and oxygen atoms in total. The van der Waals surface area contributed by atoms with Crippen LogP contribution < -0.4 is 4.74 Å². The van der Waals surface area contributed by atoms with Crippen LogP contribution in [0.4, 0.5) is 0 Å². The molecule has 4 heteroatoms. The second-order valence-corrected chi connectivity index (χ2v) is 4.90. The average Bonchev–Trinajstić information content (AvgIpc) is 2.02. The molecule has 1 atom stereocenters.